The van der Waals surface area contributed by atoms with Crippen LogP contribution in [-0.4, -0.2) is 37.0 Å². The normalized spacial score (nSPS) is 15.4. The number of nitrogens with one attached hydrogen (secondary N) is 1. The SMILES string of the molecule is O=C(NCCN1CCC(CCc2ccccc2)CC1)c1cccc2ccccc12. The van der Waals surface area contributed by atoms with Gasteiger partial charge in [-0.2, -0.15) is 0 Å². The fourth-order valence-electron chi connectivity index (χ4n) is 4.36. The van der Waals surface area contributed by atoms with E-state index in [1.807, 2.05) is 42.5 Å². The molecular weight excluding hydrogens is 356 g/mol. The van der Waals surface area contributed by atoms with Crippen LogP contribution in [0.4, 0.5) is 0 Å². The zero-order chi connectivity index (χ0) is 19.9. The third-order valence-corrected chi connectivity index (χ3v) is 6.14. The van der Waals surface area contributed by atoms with E-state index in [1.54, 1.807) is 0 Å². The van der Waals surface area contributed by atoms with Gasteiger partial charge >= 0.3 is 0 Å². The van der Waals surface area contributed by atoms with Gasteiger partial charge in [-0.1, -0.05) is 66.7 Å². The molecule has 150 valence electrons. The number of carbonyl (C=O) groups excluding carboxylic acids is 1. The Bertz CT molecular complexity index is 924. The van der Waals surface area contributed by atoms with E-state index < -0.39 is 0 Å². The largest absolute Gasteiger partial charge is 0.351 e. The molecular formula is C26H30N2O. The lowest BCUT2D eigenvalue weighted by molar-refractivity contribution is 0.0945. The van der Waals surface area contributed by atoms with Crippen LogP contribution >= 0.6 is 0 Å². The standard InChI is InChI=1S/C26H30N2O/c29-26(25-12-6-10-23-9-4-5-11-24(23)25)27-17-20-28-18-15-22(16-19-28)14-13-21-7-2-1-3-8-21/h1-12,22H,13-20H2,(H,27,29). The number of likely N-dealkylation sites (tertiary alicyclic amines) is 1. The van der Waals surface area contributed by atoms with Crippen LogP contribution in [0.2, 0.25) is 0 Å². The van der Waals surface area contributed by atoms with Gasteiger partial charge in [-0.3, -0.25) is 4.79 Å². The minimum Gasteiger partial charge on any atom is -0.351 e. The second kappa shape index (κ2) is 9.71. The molecule has 0 atom stereocenters. The van der Waals surface area contributed by atoms with Crippen molar-refractivity contribution in [2.75, 3.05) is 26.2 Å². The first-order chi connectivity index (χ1) is 14.3. The van der Waals surface area contributed by atoms with E-state index in [2.05, 4.69) is 40.5 Å². The van der Waals surface area contributed by atoms with Crippen molar-refractivity contribution in [2.45, 2.75) is 25.7 Å². The minimum atomic E-state index is 0.0274. The smallest absolute Gasteiger partial charge is 0.251 e. The number of benzene rings is 3. The van der Waals surface area contributed by atoms with Gasteiger partial charge in [0.2, 0.25) is 0 Å². The third-order valence-electron chi connectivity index (χ3n) is 6.14. The number of nitrogens with zero attached hydrogens (tertiary/aromatic N) is 1. The summed E-state index contributed by atoms with van der Waals surface area (Å²) in [5, 5.41) is 5.24. The highest BCUT2D eigenvalue weighted by Gasteiger charge is 2.19. The van der Waals surface area contributed by atoms with Crippen LogP contribution in [-0.2, 0) is 6.42 Å². The maximum absolute atomic E-state index is 12.6. The molecule has 0 spiro atoms. The van der Waals surface area contributed by atoms with E-state index in [-0.39, 0.29) is 5.91 Å². The van der Waals surface area contributed by atoms with Crippen LogP contribution < -0.4 is 5.32 Å². The number of piperidine rings is 1. The van der Waals surface area contributed by atoms with Crippen LogP contribution in [0.15, 0.2) is 72.8 Å². The number of fused-ring (bicyclic) bond motifs is 1. The highest BCUT2D eigenvalue weighted by molar-refractivity contribution is 6.06. The Morgan fingerprint density at radius 1 is 0.897 bits per heavy atom. The summed E-state index contributed by atoms with van der Waals surface area (Å²) in [6, 6.07) is 24.8. The summed E-state index contributed by atoms with van der Waals surface area (Å²) in [6.07, 6.45) is 5.01. The van der Waals surface area contributed by atoms with Crippen molar-refractivity contribution in [2.24, 2.45) is 5.92 Å². The molecule has 29 heavy (non-hydrogen) atoms. The van der Waals surface area contributed by atoms with Gasteiger partial charge in [0.15, 0.2) is 0 Å². The van der Waals surface area contributed by atoms with E-state index in [1.165, 1.54) is 31.2 Å². The summed E-state index contributed by atoms with van der Waals surface area (Å²) in [5.74, 6) is 0.858. The first-order valence-corrected chi connectivity index (χ1v) is 10.8. The molecule has 0 saturated carbocycles. The Balaban J connectivity index is 1.19. The zero-order valence-corrected chi connectivity index (χ0v) is 17.0. The van der Waals surface area contributed by atoms with Crippen LogP contribution in [0.3, 0.4) is 0 Å². The van der Waals surface area contributed by atoms with E-state index in [0.29, 0.717) is 6.54 Å². The van der Waals surface area contributed by atoms with Gasteiger partial charge in [0, 0.05) is 18.7 Å². The molecule has 1 fully saturated rings. The van der Waals surface area contributed by atoms with Crippen molar-refractivity contribution in [3.8, 4) is 0 Å². The van der Waals surface area contributed by atoms with Gasteiger partial charge in [0.25, 0.3) is 5.91 Å². The summed E-state index contributed by atoms with van der Waals surface area (Å²) in [6.45, 7) is 3.92. The molecule has 0 aromatic heterocycles. The Morgan fingerprint density at radius 2 is 1.62 bits per heavy atom. The number of carbonyl (C=O) groups is 1. The van der Waals surface area contributed by atoms with E-state index in [4.69, 9.17) is 0 Å². The Labute approximate surface area is 173 Å². The molecule has 1 saturated heterocycles. The number of hydrogen-bond donors (Lipinski definition) is 1. The Kier molecular flexibility index (Phi) is 6.58. The molecule has 0 unspecified atom stereocenters. The topological polar surface area (TPSA) is 32.3 Å². The molecule has 3 nitrogen and oxygen atoms in total. The van der Waals surface area contributed by atoms with Gasteiger partial charge < -0.3 is 10.2 Å². The highest BCUT2D eigenvalue weighted by Crippen LogP contribution is 2.22. The lowest BCUT2D eigenvalue weighted by atomic mass is 9.90. The first-order valence-electron chi connectivity index (χ1n) is 10.8. The molecule has 1 N–H and O–H groups in total. The predicted molar refractivity (Wildman–Crippen MR) is 120 cm³/mol. The zero-order valence-electron chi connectivity index (χ0n) is 17.0. The van der Waals surface area contributed by atoms with Crippen LogP contribution in [0.1, 0.15) is 35.2 Å². The number of rotatable bonds is 7. The second-order valence-corrected chi connectivity index (χ2v) is 8.09. The molecule has 0 radical (unpaired) electrons. The molecule has 0 aliphatic carbocycles. The fraction of sp³-hybridized carbons (Fsp3) is 0.346. The van der Waals surface area contributed by atoms with E-state index in [0.717, 1.165) is 41.9 Å². The predicted octanol–water partition coefficient (Wildman–Crippen LogP) is 4.91. The van der Waals surface area contributed by atoms with Crippen molar-refractivity contribution >= 4 is 16.7 Å². The second-order valence-electron chi connectivity index (χ2n) is 8.09. The van der Waals surface area contributed by atoms with Crippen molar-refractivity contribution in [3.05, 3.63) is 83.9 Å². The van der Waals surface area contributed by atoms with Crippen molar-refractivity contribution in [3.63, 3.8) is 0 Å². The van der Waals surface area contributed by atoms with Gasteiger partial charge in [0.1, 0.15) is 0 Å². The lowest BCUT2D eigenvalue weighted by Gasteiger charge is -2.32. The highest BCUT2D eigenvalue weighted by atomic mass is 16.1. The molecule has 3 aromatic rings. The van der Waals surface area contributed by atoms with Gasteiger partial charge in [-0.15, -0.1) is 0 Å². The number of aryl methyl sites for hydroxylation is 1. The molecule has 1 heterocycles. The third kappa shape index (κ3) is 5.24. The average Bonchev–Trinajstić information content (AvgIpc) is 2.79. The maximum Gasteiger partial charge on any atom is 0.251 e. The Morgan fingerprint density at radius 3 is 2.45 bits per heavy atom. The lowest BCUT2D eigenvalue weighted by Crippen LogP contribution is -2.39. The Hall–Kier alpha value is -2.65. The first kappa shape index (κ1) is 19.7. The molecule has 1 amide bonds. The monoisotopic (exact) mass is 386 g/mol. The van der Waals surface area contributed by atoms with Crippen LogP contribution in [0.25, 0.3) is 10.8 Å². The van der Waals surface area contributed by atoms with Crippen molar-refractivity contribution < 1.29 is 4.79 Å². The van der Waals surface area contributed by atoms with E-state index >= 15 is 0 Å². The summed E-state index contributed by atoms with van der Waals surface area (Å²) in [7, 11) is 0. The van der Waals surface area contributed by atoms with Crippen LogP contribution in [0, 0.1) is 5.92 Å². The molecule has 3 heteroatoms. The average molecular weight is 387 g/mol. The van der Waals surface area contributed by atoms with E-state index in [9.17, 15) is 4.79 Å². The number of hydrogen-bond acceptors (Lipinski definition) is 2. The molecule has 0 bridgehead atoms. The van der Waals surface area contributed by atoms with Gasteiger partial charge in [-0.25, -0.2) is 0 Å². The fourth-order valence-corrected chi connectivity index (χ4v) is 4.36. The molecule has 1 aliphatic heterocycles. The summed E-state index contributed by atoms with van der Waals surface area (Å²) >= 11 is 0. The molecule has 3 aromatic carbocycles. The quantitative estimate of drug-likeness (QED) is 0.625. The number of amides is 1. The maximum atomic E-state index is 12.6. The van der Waals surface area contributed by atoms with Crippen molar-refractivity contribution in [1.82, 2.24) is 10.2 Å². The van der Waals surface area contributed by atoms with Gasteiger partial charge in [0.05, 0.1) is 0 Å². The van der Waals surface area contributed by atoms with Gasteiger partial charge in [-0.05, 0) is 67.1 Å². The minimum absolute atomic E-state index is 0.0274. The molecule has 4 rings (SSSR count). The van der Waals surface area contributed by atoms with Crippen molar-refractivity contribution in [1.29, 1.82) is 0 Å². The summed E-state index contributed by atoms with van der Waals surface area (Å²) in [5.41, 5.74) is 2.22. The summed E-state index contributed by atoms with van der Waals surface area (Å²) < 4.78 is 0. The molecule has 1 aliphatic rings. The van der Waals surface area contributed by atoms with Crippen LogP contribution in [0.5, 0.6) is 0 Å². The summed E-state index contributed by atoms with van der Waals surface area (Å²) in [4.78, 5) is 15.1.